The smallest absolute Gasteiger partial charge is 0.408 e. The van der Waals surface area contributed by atoms with Crippen molar-refractivity contribution in [2.24, 2.45) is 5.92 Å². The number of hydrogen-bond donors (Lipinski definition) is 2. The number of alkyl carbamates (subject to hydrolysis) is 1. The predicted molar refractivity (Wildman–Crippen MR) is 91.4 cm³/mol. The van der Waals surface area contributed by atoms with E-state index in [9.17, 15) is 14.4 Å². The standard InChI is InChI=1S/C17H30N2O5/c1-10(2)9-12(15(21)23-8)18-14(20)13(11(3)4)19-16(22)24-17(5,6)7/h11-13H,1,9H2,2-8H3,(H,18,20)(H,19,22)/t12-,13-/m0/s1. The minimum absolute atomic E-state index is 0.194. The van der Waals surface area contributed by atoms with Crippen LogP contribution in [0.4, 0.5) is 4.79 Å². The monoisotopic (exact) mass is 342 g/mol. The summed E-state index contributed by atoms with van der Waals surface area (Å²) in [6, 6.07) is -1.68. The molecule has 0 bridgehead atoms. The van der Waals surface area contributed by atoms with E-state index in [1.807, 2.05) is 0 Å². The van der Waals surface area contributed by atoms with Crippen LogP contribution in [0, 0.1) is 5.92 Å². The van der Waals surface area contributed by atoms with Gasteiger partial charge in [-0.1, -0.05) is 19.4 Å². The van der Waals surface area contributed by atoms with Crippen molar-refractivity contribution in [2.45, 2.75) is 65.6 Å². The number of carbonyl (C=O) groups excluding carboxylic acids is 3. The van der Waals surface area contributed by atoms with E-state index in [2.05, 4.69) is 17.2 Å². The normalized spacial score (nSPS) is 13.7. The van der Waals surface area contributed by atoms with Gasteiger partial charge in [0.15, 0.2) is 0 Å². The second-order valence-electron chi connectivity index (χ2n) is 7.11. The number of rotatable bonds is 7. The van der Waals surface area contributed by atoms with Crippen LogP contribution < -0.4 is 10.6 Å². The van der Waals surface area contributed by atoms with Crippen LogP contribution in [-0.4, -0.2) is 42.8 Å². The summed E-state index contributed by atoms with van der Waals surface area (Å²) in [6.45, 7) is 14.3. The average Bonchev–Trinajstić information content (AvgIpc) is 2.40. The molecule has 2 N–H and O–H groups in total. The molecule has 7 nitrogen and oxygen atoms in total. The molecule has 0 radical (unpaired) electrons. The van der Waals surface area contributed by atoms with E-state index in [0.29, 0.717) is 0 Å². The summed E-state index contributed by atoms with van der Waals surface area (Å²) in [5.41, 5.74) is 0.0586. The Bertz CT molecular complexity index is 480. The third-order valence-corrected chi connectivity index (χ3v) is 2.98. The molecule has 0 aliphatic carbocycles. The molecule has 2 atom stereocenters. The van der Waals surface area contributed by atoms with Crippen molar-refractivity contribution in [1.29, 1.82) is 0 Å². The maximum Gasteiger partial charge on any atom is 0.408 e. The summed E-state index contributed by atoms with van der Waals surface area (Å²) >= 11 is 0. The van der Waals surface area contributed by atoms with Crippen molar-refractivity contribution in [3.8, 4) is 0 Å². The van der Waals surface area contributed by atoms with Gasteiger partial charge in [-0.3, -0.25) is 4.79 Å². The summed E-state index contributed by atoms with van der Waals surface area (Å²) in [5, 5.41) is 5.14. The Morgan fingerprint density at radius 1 is 1.12 bits per heavy atom. The van der Waals surface area contributed by atoms with E-state index in [1.165, 1.54) is 7.11 Å². The van der Waals surface area contributed by atoms with Gasteiger partial charge in [0.2, 0.25) is 5.91 Å². The molecular formula is C17H30N2O5. The highest BCUT2D eigenvalue weighted by Crippen LogP contribution is 2.10. The zero-order valence-corrected chi connectivity index (χ0v) is 15.7. The molecule has 0 unspecified atom stereocenters. The first-order valence-corrected chi connectivity index (χ1v) is 7.89. The molecule has 0 fully saturated rings. The molecular weight excluding hydrogens is 312 g/mol. The zero-order chi connectivity index (χ0) is 19.1. The third kappa shape index (κ3) is 8.55. The molecule has 0 aliphatic heterocycles. The Balaban J connectivity index is 5.03. The van der Waals surface area contributed by atoms with Gasteiger partial charge in [-0.15, -0.1) is 6.58 Å². The minimum Gasteiger partial charge on any atom is -0.467 e. The van der Waals surface area contributed by atoms with Crippen molar-refractivity contribution in [1.82, 2.24) is 10.6 Å². The van der Waals surface area contributed by atoms with Crippen LogP contribution in [0.1, 0.15) is 48.0 Å². The van der Waals surface area contributed by atoms with Crippen molar-refractivity contribution in [3.63, 3.8) is 0 Å². The maximum absolute atomic E-state index is 12.5. The Morgan fingerprint density at radius 2 is 1.67 bits per heavy atom. The fourth-order valence-electron chi connectivity index (χ4n) is 1.91. The number of methoxy groups -OCH3 is 1. The maximum atomic E-state index is 12.5. The Hall–Kier alpha value is -2.05. The first-order valence-electron chi connectivity index (χ1n) is 7.89. The summed E-state index contributed by atoms with van der Waals surface area (Å²) in [5.74, 6) is -1.24. The largest absolute Gasteiger partial charge is 0.467 e. The molecule has 138 valence electrons. The molecule has 0 saturated heterocycles. The second-order valence-corrected chi connectivity index (χ2v) is 7.11. The van der Waals surface area contributed by atoms with Crippen LogP contribution in [0.25, 0.3) is 0 Å². The van der Waals surface area contributed by atoms with Crippen LogP contribution >= 0.6 is 0 Å². The number of ether oxygens (including phenoxy) is 2. The second kappa shape index (κ2) is 9.30. The molecule has 7 heteroatoms. The Labute approximate surface area is 144 Å². The number of amides is 2. The topological polar surface area (TPSA) is 93.7 Å². The molecule has 0 saturated carbocycles. The summed E-state index contributed by atoms with van der Waals surface area (Å²) in [4.78, 5) is 36.2. The van der Waals surface area contributed by atoms with Crippen molar-refractivity contribution in [3.05, 3.63) is 12.2 Å². The fourth-order valence-corrected chi connectivity index (χ4v) is 1.91. The van der Waals surface area contributed by atoms with Crippen LogP contribution in [0.15, 0.2) is 12.2 Å². The number of nitrogens with one attached hydrogen (secondary N) is 2. The van der Waals surface area contributed by atoms with Crippen molar-refractivity contribution >= 4 is 18.0 Å². The zero-order valence-electron chi connectivity index (χ0n) is 15.7. The SMILES string of the molecule is C=C(C)C[C@H](NC(=O)[C@@H](NC(=O)OC(C)(C)C)C(C)C)C(=O)OC. The lowest BCUT2D eigenvalue weighted by molar-refractivity contribution is -0.145. The van der Waals surface area contributed by atoms with Crippen LogP contribution in [0.5, 0.6) is 0 Å². The lowest BCUT2D eigenvalue weighted by atomic mass is 10.0. The van der Waals surface area contributed by atoms with Crippen LogP contribution in [-0.2, 0) is 19.1 Å². The molecule has 0 aromatic carbocycles. The fraction of sp³-hybridized carbons (Fsp3) is 0.706. The first-order chi connectivity index (χ1) is 10.9. The van der Waals surface area contributed by atoms with Gasteiger partial charge in [0.1, 0.15) is 17.7 Å². The van der Waals surface area contributed by atoms with E-state index in [1.54, 1.807) is 41.5 Å². The molecule has 2 amide bonds. The Kier molecular flexibility index (Phi) is 8.50. The molecule has 0 rings (SSSR count). The quantitative estimate of drug-likeness (QED) is 0.546. The molecule has 0 aromatic rings. The molecule has 0 aromatic heterocycles. The summed E-state index contributed by atoms with van der Waals surface area (Å²) < 4.78 is 9.87. The van der Waals surface area contributed by atoms with Crippen LogP contribution in [0.3, 0.4) is 0 Å². The Morgan fingerprint density at radius 3 is 2.04 bits per heavy atom. The van der Waals surface area contributed by atoms with E-state index >= 15 is 0 Å². The number of carbonyl (C=O) groups is 3. The van der Waals surface area contributed by atoms with Gasteiger partial charge < -0.3 is 20.1 Å². The average molecular weight is 342 g/mol. The van der Waals surface area contributed by atoms with Crippen molar-refractivity contribution < 1.29 is 23.9 Å². The van der Waals surface area contributed by atoms with E-state index in [-0.39, 0.29) is 12.3 Å². The van der Waals surface area contributed by atoms with Gasteiger partial charge in [-0.05, 0) is 40.0 Å². The van der Waals surface area contributed by atoms with Crippen molar-refractivity contribution in [2.75, 3.05) is 7.11 Å². The number of esters is 1. The van der Waals surface area contributed by atoms with E-state index in [4.69, 9.17) is 9.47 Å². The highest BCUT2D eigenvalue weighted by atomic mass is 16.6. The summed E-state index contributed by atoms with van der Waals surface area (Å²) in [6.07, 6.45) is -0.429. The van der Waals surface area contributed by atoms with Crippen LogP contribution in [0.2, 0.25) is 0 Å². The lowest BCUT2D eigenvalue weighted by Crippen LogP contribution is -2.54. The third-order valence-electron chi connectivity index (χ3n) is 2.98. The van der Waals surface area contributed by atoms with Gasteiger partial charge in [-0.25, -0.2) is 9.59 Å². The van der Waals surface area contributed by atoms with Gasteiger partial charge in [-0.2, -0.15) is 0 Å². The van der Waals surface area contributed by atoms with E-state index in [0.717, 1.165) is 5.57 Å². The first kappa shape index (κ1) is 21.9. The lowest BCUT2D eigenvalue weighted by Gasteiger charge is -2.26. The van der Waals surface area contributed by atoms with Gasteiger partial charge in [0, 0.05) is 0 Å². The van der Waals surface area contributed by atoms with E-state index < -0.39 is 35.7 Å². The van der Waals surface area contributed by atoms with Gasteiger partial charge in [0.25, 0.3) is 0 Å². The molecule has 24 heavy (non-hydrogen) atoms. The molecule has 0 aliphatic rings. The molecule has 0 spiro atoms. The minimum atomic E-state index is -0.846. The highest BCUT2D eigenvalue weighted by molar-refractivity contribution is 5.90. The van der Waals surface area contributed by atoms with Gasteiger partial charge >= 0.3 is 12.1 Å². The predicted octanol–water partition coefficient (Wildman–Crippen LogP) is 2.16. The number of hydrogen-bond acceptors (Lipinski definition) is 5. The van der Waals surface area contributed by atoms with Gasteiger partial charge in [0.05, 0.1) is 7.11 Å². The molecule has 0 heterocycles. The highest BCUT2D eigenvalue weighted by Gasteiger charge is 2.30. The summed E-state index contributed by atoms with van der Waals surface area (Å²) in [7, 11) is 1.25.